The minimum Gasteiger partial charge on any atom is -0.371 e. The van der Waals surface area contributed by atoms with E-state index in [9.17, 15) is 0 Å². The van der Waals surface area contributed by atoms with Crippen LogP contribution in [0.2, 0.25) is 0 Å². The van der Waals surface area contributed by atoms with Crippen LogP contribution in [0.1, 0.15) is 6.42 Å². The lowest BCUT2D eigenvalue weighted by molar-refractivity contribution is 0.603. The molecular formula is C12H18BrIN4. The van der Waals surface area contributed by atoms with Crippen molar-refractivity contribution in [2.24, 2.45) is 22.4 Å². The molecule has 1 unspecified atom stereocenters. The number of anilines is 1. The zero-order valence-electron chi connectivity index (χ0n) is 10.1. The Bertz CT molecular complexity index is 403. The molecule has 0 radical (unpaired) electrons. The molecule has 1 heterocycles. The minimum atomic E-state index is 0. The van der Waals surface area contributed by atoms with Crippen LogP contribution in [0.4, 0.5) is 5.69 Å². The van der Waals surface area contributed by atoms with Crippen LogP contribution in [0.15, 0.2) is 33.7 Å². The van der Waals surface area contributed by atoms with Crippen LogP contribution in [0.25, 0.3) is 0 Å². The maximum Gasteiger partial charge on any atom is 0.185 e. The summed E-state index contributed by atoms with van der Waals surface area (Å²) >= 11 is 3.44. The van der Waals surface area contributed by atoms with Gasteiger partial charge in [0.05, 0.1) is 0 Å². The number of halogens is 2. The molecule has 4 N–H and O–H groups in total. The first-order valence-electron chi connectivity index (χ1n) is 5.71. The molecule has 0 aromatic heterocycles. The molecule has 18 heavy (non-hydrogen) atoms. The Hall–Kier alpha value is -0.500. The highest BCUT2D eigenvalue weighted by Crippen LogP contribution is 2.25. The van der Waals surface area contributed by atoms with Gasteiger partial charge in [-0.15, -0.1) is 24.0 Å². The molecule has 0 spiro atoms. The smallest absolute Gasteiger partial charge is 0.185 e. The van der Waals surface area contributed by atoms with Crippen LogP contribution in [0.5, 0.6) is 0 Å². The molecule has 1 aromatic rings. The third-order valence-electron chi connectivity index (χ3n) is 3.01. The van der Waals surface area contributed by atoms with Gasteiger partial charge in [0.25, 0.3) is 0 Å². The van der Waals surface area contributed by atoms with E-state index >= 15 is 0 Å². The fourth-order valence-electron chi connectivity index (χ4n) is 2.10. The van der Waals surface area contributed by atoms with Crippen molar-refractivity contribution in [1.82, 2.24) is 0 Å². The van der Waals surface area contributed by atoms with Crippen molar-refractivity contribution in [2.45, 2.75) is 6.42 Å². The Balaban J connectivity index is 0.00000162. The fraction of sp³-hybridized carbons (Fsp3) is 0.417. The van der Waals surface area contributed by atoms with Gasteiger partial charge in [0.15, 0.2) is 5.96 Å². The second-order valence-corrected chi connectivity index (χ2v) is 5.26. The summed E-state index contributed by atoms with van der Waals surface area (Å²) < 4.78 is 1.11. The topological polar surface area (TPSA) is 67.6 Å². The van der Waals surface area contributed by atoms with Gasteiger partial charge in [-0.05, 0) is 36.6 Å². The third kappa shape index (κ3) is 4.31. The molecule has 100 valence electrons. The third-order valence-corrected chi connectivity index (χ3v) is 3.54. The first kappa shape index (κ1) is 15.6. The van der Waals surface area contributed by atoms with Crippen molar-refractivity contribution >= 4 is 51.6 Å². The van der Waals surface area contributed by atoms with Crippen molar-refractivity contribution in [3.8, 4) is 0 Å². The highest BCUT2D eigenvalue weighted by molar-refractivity contribution is 14.0. The Morgan fingerprint density at radius 2 is 2.00 bits per heavy atom. The van der Waals surface area contributed by atoms with E-state index in [-0.39, 0.29) is 29.9 Å². The van der Waals surface area contributed by atoms with E-state index in [2.05, 4.69) is 50.1 Å². The summed E-state index contributed by atoms with van der Waals surface area (Å²) in [5.41, 5.74) is 11.9. The van der Waals surface area contributed by atoms with Crippen molar-refractivity contribution in [3.63, 3.8) is 0 Å². The number of rotatable bonds is 3. The van der Waals surface area contributed by atoms with Crippen molar-refractivity contribution in [3.05, 3.63) is 28.7 Å². The molecule has 1 aliphatic heterocycles. The van der Waals surface area contributed by atoms with E-state index in [1.54, 1.807) is 0 Å². The Morgan fingerprint density at radius 3 is 2.61 bits per heavy atom. The molecule has 1 atom stereocenters. The molecule has 1 fully saturated rings. The van der Waals surface area contributed by atoms with Crippen LogP contribution in [0.3, 0.4) is 0 Å². The maximum absolute atomic E-state index is 5.34. The van der Waals surface area contributed by atoms with Gasteiger partial charge in [-0.25, -0.2) is 0 Å². The summed E-state index contributed by atoms with van der Waals surface area (Å²) in [5, 5.41) is 0. The van der Waals surface area contributed by atoms with Crippen LogP contribution < -0.4 is 16.4 Å². The molecule has 1 saturated heterocycles. The lowest BCUT2D eigenvalue weighted by atomic mass is 10.1. The predicted molar refractivity (Wildman–Crippen MR) is 90.6 cm³/mol. The number of benzene rings is 1. The van der Waals surface area contributed by atoms with Gasteiger partial charge in [0, 0.05) is 29.8 Å². The van der Waals surface area contributed by atoms with E-state index in [4.69, 9.17) is 11.5 Å². The standard InChI is InChI=1S/C12H17BrN4.HI/c13-10-1-3-11(4-2-10)17-6-5-9(8-17)7-16-12(14)15;/h1-4,9H,5-8H2,(H4,14,15,16);1H. The quantitative estimate of drug-likeness (QED) is 0.444. The zero-order valence-corrected chi connectivity index (χ0v) is 14.0. The summed E-state index contributed by atoms with van der Waals surface area (Å²) in [5.74, 6) is 0.743. The number of nitrogens with two attached hydrogens (primary N) is 2. The molecule has 1 aromatic carbocycles. The average molecular weight is 425 g/mol. The van der Waals surface area contributed by atoms with Crippen molar-refractivity contribution < 1.29 is 0 Å². The predicted octanol–water partition coefficient (Wildman–Crippen LogP) is 2.17. The van der Waals surface area contributed by atoms with Crippen molar-refractivity contribution in [2.75, 3.05) is 24.5 Å². The first-order chi connectivity index (χ1) is 8.15. The van der Waals surface area contributed by atoms with Gasteiger partial charge in [-0.2, -0.15) is 0 Å². The number of hydrogen-bond acceptors (Lipinski definition) is 2. The second-order valence-electron chi connectivity index (χ2n) is 4.34. The van der Waals surface area contributed by atoms with Crippen LogP contribution >= 0.6 is 39.9 Å². The Morgan fingerprint density at radius 1 is 1.33 bits per heavy atom. The SMILES string of the molecule is I.NC(N)=NCC1CCN(c2ccc(Br)cc2)C1. The molecular weight excluding hydrogens is 407 g/mol. The van der Waals surface area contributed by atoms with Gasteiger partial charge in [0.2, 0.25) is 0 Å². The van der Waals surface area contributed by atoms with Crippen LogP contribution in [-0.4, -0.2) is 25.6 Å². The fourth-order valence-corrected chi connectivity index (χ4v) is 2.37. The monoisotopic (exact) mass is 424 g/mol. The molecule has 6 heteroatoms. The zero-order chi connectivity index (χ0) is 12.3. The summed E-state index contributed by atoms with van der Waals surface area (Å²) in [6.45, 7) is 2.83. The number of hydrogen-bond donors (Lipinski definition) is 2. The van der Waals surface area contributed by atoms with E-state index < -0.39 is 0 Å². The average Bonchev–Trinajstić information content (AvgIpc) is 2.76. The van der Waals surface area contributed by atoms with E-state index in [0.29, 0.717) is 5.92 Å². The Labute approximate surface area is 133 Å². The number of nitrogens with zero attached hydrogens (tertiary/aromatic N) is 2. The molecule has 2 rings (SSSR count). The number of guanidine groups is 1. The van der Waals surface area contributed by atoms with Crippen molar-refractivity contribution in [1.29, 1.82) is 0 Å². The van der Waals surface area contributed by atoms with Gasteiger partial charge in [-0.3, -0.25) is 4.99 Å². The largest absolute Gasteiger partial charge is 0.371 e. The van der Waals surface area contributed by atoms with Gasteiger partial charge in [-0.1, -0.05) is 15.9 Å². The minimum absolute atomic E-state index is 0. The number of aliphatic imine (C=N–C) groups is 1. The summed E-state index contributed by atoms with van der Waals surface area (Å²) in [6, 6.07) is 8.40. The highest BCUT2D eigenvalue weighted by atomic mass is 127. The van der Waals surface area contributed by atoms with E-state index in [0.717, 1.165) is 30.5 Å². The second kappa shape index (κ2) is 7.18. The maximum atomic E-state index is 5.34. The van der Waals surface area contributed by atoms with Gasteiger partial charge in [0.1, 0.15) is 0 Å². The molecule has 0 saturated carbocycles. The molecule has 0 aliphatic carbocycles. The lowest BCUT2D eigenvalue weighted by Gasteiger charge is -2.18. The van der Waals surface area contributed by atoms with E-state index in [1.807, 2.05) is 0 Å². The van der Waals surface area contributed by atoms with Gasteiger partial charge >= 0.3 is 0 Å². The molecule has 0 amide bonds. The van der Waals surface area contributed by atoms with E-state index in [1.165, 1.54) is 5.69 Å². The molecule has 1 aliphatic rings. The Kier molecular flexibility index (Phi) is 6.20. The van der Waals surface area contributed by atoms with Crippen LogP contribution in [-0.2, 0) is 0 Å². The molecule has 0 bridgehead atoms. The molecule has 4 nitrogen and oxygen atoms in total. The van der Waals surface area contributed by atoms with Crippen LogP contribution in [0, 0.1) is 5.92 Å². The first-order valence-corrected chi connectivity index (χ1v) is 6.50. The summed E-state index contributed by atoms with van der Waals surface area (Å²) in [4.78, 5) is 6.46. The summed E-state index contributed by atoms with van der Waals surface area (Å²) in [7, 11) is 0. The van der Waals surface area contributed by atoms with Gasteiger partial charge < -0.3 is 16.4 Å². The lowest BCUT2D eigenvalue weighted by Crippen LogP contribution is -2.25. The summed E-state index contributed by atoms with van der Waals surface area (Å²) in [6.07, 6.45) is 1.15. The highest BCUT2D eigenvalue weighted by Gasteiger charge is 2.22. The normalized spacial score (nSPS) is 18.3.